The minimum atomic E-state index is -2.55. The maximum absolute atomic E-state index is 6.05. The summed E-state index contributed by atoms with van der Waals surface area (Å²) in [5, 5.41) is 0. The van der Waals surface area contributed by atoms with Crippen LogP contribution in [0, 0.1) is 11.8 Å². The normalized spacial score (nSPS) is 23.0. The molecule has 1 aliphatic carbocycles. The van der Waals surface area contributed by atoms with Crippen molar-refractivity contribution >= 4 is 8.80 Å². The van der Waals surface area contributed by atoms with E-state index in [0.29, 0.717) is 31.1 Å². The molecule has 0 heterocycles. The lowest BCUT2D eigenvalue weighted by atomic mass is 9.83. The van der Waals surface area contributed by atoms with Crippen LogP contribution in [-0.4, -0.2) is 50.0 Å². The molecule has 1 rings (SSSR count). The Morgan fingerprint density at radius 1 is 1.00 bits per heavy atom. The van der Waals surface area contributed by atoms with Gasteiger partial charge in [-0.3, -0.25) is 0 Å². The molecule has 0 aromatic heterocycles. The van der Waals surface area contributed by atoms with Crippen LogP contribution in [0.15, 0.2) is 12.8 Å². The highest BCUT2D eigenvalue weighted by Gasteiger charge is 2.39. The van der Waals surface area contributed by atoms with Crippen molar-refractivity contribution in [3.8, 4) is 0 Å². The van der Waals surface area contributed by atoms with Crippen LogP contribution in [0.1, 0.15) is 25.7 Å². The first-order valence-corrected chi connectivity index (χ1v) is 9.58. The number of rotatable bonds is 11. The Bertz CT molecular complexity index is 275. The fourth-order valence-electron chi connectivity index (χ4n) is 2.72. The summed E-state index contributed by atoms with van der Waals surface area (Å²) in [6, 6.07) is 0.693. The summed E-state index contributed by atoms with van der Waals surface area (Å²) in [4.78, 5) is 0. The number of methoxy groups -OCH3 is 1. The SMILES string of the molecule is C=COCC1CCC(CO[Si](CCOC)(OC)OC)CC1. The smallest absolute Gasteiger partial charge is 0.502 e. The van der Waals surface area contributed by atoms with E-state index in [9.17, 15) is 0 Å². The fraction of sp³-hybridized carbons (Fsp3) is 0.867. The lowest BCUT2D eigenvalue weighted by Crippen LogP contribution is -2.46. The Labute approximate surface area is 129 Å². The summed E-state index contributed by atoms with van der Waals surface area (Å²) in [5.74, 6) is 1.24. The standard InChI is InChI=1S/C15H30O5Si/c1-5-19-12-14-6-8-15(9-7-14)13-20-21(17-3,18-4)11-10-16-2/h5,14-15H,1,6-13H2,2-4H3. The van der Waals surface area contributed by atoms with E-state index >= 15 is 0 Å². The Hall–Kier alpha value is -0.403. The van der Waals surface area contributed by atoms with E-state index in [1.54, 1.807) is 21.3 Å². The highest BCUT2D eigenvalue weighted by molar-refractivity contribution is 6.60. The van der Waals surface area contributed by atoms with Crippen LogP contribution in [0.3, 0.4) is 0 Å². The Balaban J connectivity index is 2.31. The molecule has 6 heteroatoms. The van der Waals surface area contributed by atoms with Crippen molar-refractivity contribution in [2.75, 3.05) is 41.2 Å². The van der Waals surface area contributed by atoms with Gasteiger partial charge in [-0.1, -0.05) is 6.58 Å². The van der Waals surface area contributed by atoms with E-state index < -0.39 is 8.80 Å². The summed E-state index contributed by atoms with van der Waals surface area (Å²) in [6.07, 6.45) is 6.26. The van der Waals surface area contributed by atoms with Crippen molar-refractivity contribution < 1.29 is 22.8 Å². The molecule has 0 aromatic carbocycles. The first-order chi connectivity index (χ1) is 10.2. The van der Waals surface area contributed by atoms with Crippen molar-refractivity contribution in [1.29, 1.82) is 0 Å². The molecule has 1 fully saturated rings. The van der Waals surface area contributed by atoms with Crippen LogP contribution in [0.2, 0.25) is 6.04 Å². The molecular formula is C15H30O5Si. The van der Waals surface area contributed by atoms with Gasteiger partial charge in [0.25, 0.3) is 0 Å². The van der Waals surface area contributed by atoms with E-state index in [1.807, 2.05) is 0 Å². The van der Waals surface area contributed by atoms with Crippen molar-refractivity contribution in [2.24, 2.45) is 11.8 Å². The van der Waals surface area contributed by atoms with Gasteiger partial charge in [-0.2, -0.15) is 0 Å². The summed E-state index contributed by atoms with van der Waals surface area (Å²) in [7, 11) is 2.45. The van der Waals surface area contributed by atoms with Crippen LogP contribution in [0.5, 0.6) is 0 Å². The second kappa shape index (κ2) is 10.3. The van der Waals surface area contributed by atoms with Crippen molar-refractivity contribution in [1.82, 2.24) is 0 Å². The molecule has 0 aromatic rings. The molecule has 0 spiro atoms. The van der Waals surface area contributed by atoms with E-state index in [4.69, 9.17) is 22.8 Å². The molecule has 1 aliphatic rings. The minimum absolute atomic E-state index is 0.588. The highest BCUT2D eigenvalue weighted by atomic mass is 28.4. The Kier molecular flexibility index (Phi) is 9.18. The van der Waals surface area contributed by atoms with Gasteiger partial charge in [0.2, 0.25) is 0 Å². The quantitative estimate of drug-likeness (QED) is 0.433. The second-order valence-electron chi connectivity index (χ2n) is 5.53. The van der Waals surface area contributed by atoms with E-state index in [1.165, 1.54) is 31.9 Å². The molecule has 21 heavy (non-hydrogen) atoms. The lowest BCUT2D eigenvalue weighted by Gasteiger charge is -2.32. The van der Waals surface area contributed by atoms with Gasteiger partial charge >= 0.3 is 8.80 Å². The maximum atomic E-state index is 6.05. The third-order valence-corrected chi connectivity index (χ3v) is 6.86. The predicted molar refractivity (Wildman–Crippen MR) is 84.0 cm³/mol. The van der Waals surface area contributed by atoms with Gasteiger partial charge < -0.3 is 22.8 Å². The van der Waals surface area contributed by atoms with E-state index in [2.05, 4.69) is 6.58 Å². The number of hydrogen-bond acceptors (Lipinski definition) is 5. The van der Waals surface area contributed by atoms with Gasteiger partial charge in [-0.25, -0.2) is 0 Å². The van der Waals surface area contributed by atoms with Crippen molar-refractivity contribution in [3.63, 3.8) is 0 Å². The largest absolute Gasteiger partial charge is 0.502 e. The van der Waals surface area contributed by atoms with Crippen LogP contribution in [0.25, 0.3) is 0 Å². The van der Waals surface area contributed by atoms with Crippen LogP contribution in [-0.2, 0) is 22.8 Å². The van der Waals surface area contributed by atoms with Crippen molar-refractivity contribution in [2.45, 2.75) is 31.7 Å². The highest BCUT2D eigenvalue weighted by Crippen LogP contribution is 2.30. The Morgan fingerprint density at radius 3 is 2.05 bits per heavy atom. The molecule has 0 unspecified atom stereocenters. The monoisotopic (exact) mass is 318 g/mol. The molecule has 0 amide bonds. The van der Waals surface area contributed by atoms with Gasteiger partial charge in [-0.05, 0) is 37.5 Å². The Morgan fingerprint density at radius 2 is 1.57 bits per heavy atom. The fourth-order valence-corrected chi connectivity index (χ4v) is 4.62. The molecule has 5 nitrogen and oxygen atoms in total. The topological polar surface area (TPSA) is 46.2 Å². The molecule has 0 N–H and O–H groups in total. The zero-order valence-electron chi connectivity index (χ0n) is 13.6. The molecule has 0 atom stereocenters. The predicted octanol–water partition coefficient (Wildman–Crippen LogP) is 2.85. The van der Waals surface area contributed by atoms with Crippen LogP contribution >= 0.6 is 0 Å². The van der Waals surface area contributed by atoms with Gasteiger partial charge in [0.1, 0.15) is 0 Å². The van der Waals surface area contributed by atoms with E-state index in [0.717, 1.165) is 6.61 Å². The summed E-state index contributed by atoms with van der Waals surface area (Å²) in [5.41, 5.74) is 0. The molecule has 0 saturated heterocycles. The molecule has 0 radical (unpaired) electrons. The zero-order valence-corrected chi connectivity index (χ0v) is 14.6. The average molecular weight is 318 g/mol. The van der Waals surface area contributed by atoms with Crippen molar-refractivity contribution in [3.05, 3.63) is 12.8 Å². The molecule has 124 valence electrons. The number of hydrogen-bond donors (Lipinski definition) is 0. The molecule has 0 bridgehead atoms. The second-order valence-corrected chi connectivity index (χ2v) is 8.50. The van der Waals surface area contributed by atoms with Crippen LogP contribution in [0.4, 0.5) is 0 Å². The summed E-state index contributed by atoms with van der Waals surface area (Å²) >= 11 is 0. The van der Waals surface area contributed by atoms with E-state index in [-0.39, 0.29) is 0 Å². The van der Waals surface area contributed by atoms with Gasteiger partial charge in [0.15, 0.2) is 0 Å². The van der Waals surface area contributed by atoms with Gasteiger partial charge in [0, 0.05) is 34.0 Å². The first kappa shape index (κ1) is 18.6. The van der Waals surface area contributed by atoms with Gasteiger partial charge in [-0.15, -0.1) is 0 Å². The lowest BCUT2D eigenvalue weighted by molar-refractivity contribution is 0.0584. The summed E-state index contributed by atoms with van der Waals surface area (Å²) in [6.45, 7) is 5.69. The molecule has 0 aliphatic heterocycles. The third kappa shape index (κ3) is 6.48. The molecular weight excluding hydrogens is 288 g/mol. The maximum Gasteiger partial charge on any atom is 0.502 e. The third-order valence-electron chi connectivity index (χ3n) is 4.19. The molecule has 1 saturated carbocycles. The first-order valence-electron chi connectivity index (χ1n) is 7.65. The van der Waals surface area contributed by atoms with Crippen LogP contribution < -0.4 is 0 Å². The number of ether oxygens (including phenoxy) is 2. The zero-order chi connectivity index (χ0) is 15.6. The summed E-state index contributed by atoms with van der Waals surface area (Å²) < 4.78 is 27.5. The minimum Gasteiger partial charge on any atom is -0.502 e. The average Bonchev–Trinajstić information content (AvgIpc) is 2.55. The van der Waals surface area contributed by atoms with Gasteiger partial charge in [0.05, 0.1) is 19.5 Å².